The van der Waals surface area contributed by atoms with E-state index in [1.54, 1.807) is 0 Å². The van der Waals surface area contributed by atoms with Gasteiger partial charge in [0.15, 0.2) is 0 Å². The molecule has 0 aromatic heterocycles. The maximum Gasteiger partial charge on any atom is 0.138 e. The smallest absolute Gasteiger partial charge is 0.138 e. The molecule has 1 atom stereocenters. The highest BCUT2D eigenvalue weighted by atomic mass is 35.5. The van der Waals surface area contributed by atoms with Crippen LogP contribution >= 0.6 is 11.6 Å². The second kappa shape index (κ2) is 5.71. The molecule has 3 nitrogen and oxygen atoms in total. The van der Waals surface area contributed by atoms with Crippen LogP contribution in [-0.2, 0) is 0 Å². The predicted octanol–water partition coefficient (Wildman–Crippen LogP) is 2.31. The molecule has 0 saturated carbocycles. The summed E-state index contributed by atoms with van der Waals surface area (Å²) in [6, 6.07) is 5.75. The average molecular weight is 257 g/mol. The zero-order valence-electron chi connectivity index (χ0n) is 11.0. The molecular formula is C13H21ClN2O. The Morgan fingerprint density at radius 2 is 2.06 bits per heavy atom. The first-order valence-electron chi connectivity index (χ1n) is 5.65. The summed E-state index contributed by atoms with van der Waals surface area (Å²) in [7, 11) is 3.99. The van der Waals surface area contributed by atoms with E-state index in [1.165, 1.54) is 0 Å². The minimum absolute atomic E-state index is 0.187. The Hall–Kier alpha value is -0.770. The third kappa shape index (κ3) is 3.60. The van der Waals surface area contributed by atoms with Crippen LogP contribution < -0.4 is 10.5 Å². The van der Waals surface area contributed by atoms with Crippen LogP contribution in [0.25, 0.3) is 0 Å². The molecule has 1 unspecified atom stereocenters. The Bertz CT molecular complexity index is 382. The lowest BCUT2D eigenvalue weighted by Gasteiger charge is -2.35. The molecule has 96 valence electrons. The molecule has 0 amide bonds. The van der Waals surface area contributed by atoms with E-state index in [0.717, 1.165) is 5.56 Å². The Morgan fingerprint density at radius 1 is 1.41 bits per heavy atom. The predicted molar refractivity (Wildman–Crippen MR) is 72.8 cm³/mol. The van der Waals surface area contributed by atoms with Crippen molar-refractivity contribution < 1.29 is 4.74 Å². The lowest BCUT2D eigenvalue weighted by atomic mass is 10.0. The SMILES string of the molecule is Cc1ccc(Cl)c(OCC(C)(CN)N(C)C)c1. The summed E-state index contributed by atoms with van der Waals surface area (Å²) in [5, 5.41) is 0.633. The number of nitrogens with zero attached hydrogens (tertiary/aromatic N) is 1. The van der Waals surface area contributed by atoms with Gasteiger partial charge < -0.3 is 10.5 Å². The fourth-order valence-electron chi connectivity index (χ4n) is 1.33. The van der Waals surface area contributed by atoms with Gasteiger partial charge in [-0.15, -0.1) is 0 Å². The third-order valence-corrected chi connectivity index (χ3v) is 3.46. The normalized spacial score (nSPS) is 14.8. The first-order valence-corrected chi connectivity index (χ1v) is 6.03. The zero-order chi connectivity index (χ0) is 13.1. The Morgan fingerprint density at radius 3 is 2.59 bits per heavy atom. The summed E-state index contributed by atoms with van der Waals surface area (Å²) in [6.07, 6.45) is 0. The number of hydrogen-bond donors (Lipinski definition) is 1. The summed E-state index contributed by atoms with van der Waals surface area (Å²) in [4.78, 5) is 2.07. The summed E-state index contributed by atoms with van der Waals surface area (Å²) in [6.45, 7) is 5.12. The van der Waals surface area contributed by atoms with Gasteiger partial charge in [-0.3, -0.25) is 4.90 Å². The molecule has 1 aromatic rings. The Labute approximate surface area is 109 Å². The Kier molecular flexibility index (Phi) is 4.80. The zero-order valence-corrected chi connectivity index (χ0v) is 11.7. The van der Waals surface area contributed by atoms with Gasteiger partial charge in [0, 0.05) is 6.54 Å². The molecule has 0 aliphatic rings. The highest BCUT2D eigenvalue weighted by Crippen LogP contribution is 2.26. The van der Waals surface area contributed by atoms with Crippen LogP contribution in [0.5, 0.6) is 5.75 Å². The molecule has 0 bridgehead atoms. The van der Waals surface area contributed by atoms with Gasteiger partial charge >= 0.3 is 0 Å². The number of nitrogens with two attached hydrogens (primary N) is 1. The van der Waals surface area contributed by atoms with Crippen molar-refractivity contribution in [3.8, 4) is 5.75 Å². The van der Waals surface area contributed by atoms with Crippen molar-refractivity contribution in [3.63, 3.8) is 0 Å². The molecule has 4 heteroatoms. The van der Waals surface area contributed by atoms with Crippen molar-refractivity contribution in [2.45, 2.75) is 19.4 Å². The molecule has 17 heavy (non-hydrogen) atoms. The summed E-state index contributed by atoms with van der Waals surface area (Å²) in [5.41, 5.74) is 6.73. The van der Waals surface area contributed by atoms with Crippen molar-refractivity contribution >= 4 is 11.6 Å². The molecule has 2 N–H and O–H groups in total. The van der Waals surface area contributed by atoms with E-state index in [1.807, 2.05) is 39.2 Å². The molecule has 0 radical (unpaired) electrons. The van der Waals surface area contributed by atoms with Crippen LogP contribution in [-0.4, -0.2) is 37.7 Å². The summed E-state index contributed by atoms with van der Waals surface area (Å²) < 4.78 is 5.78. The highest BCUT2D eigenvalue weighted by molar-refractivity contribution is 6.32. The van der Waals surface area contributed by atoms with Gasteiger partial charge in [-0.25, -0.2) is 0 Å². The van der Waals surface area contributed by atoms with Crippen molar-refractivity contribution in [3.05, 3.63) is 28.8 Å². The van der Waals surface area contributed by atoms with Gasteiger partial charge in [0.05, 0.1) is 10.6 Å². The number of benzene rings is 1. The van der Waals surface area contributed by atoms with E-state index >= 15 is 0 Å². The monoisotopic (exact) mass is 256 g/mol. The van der Waals surface area contributed by atoms with E-state index in [9.17, 15) is 0 Å². The van der Waals surface area contributed by atoms with E-state index in [0.29, 0.717) is 23.9 Å². The second-order valence-electron chi connectivity index (χ2n) is 4.82. The number of likely N-dealkylation sites (N-methyl/N-ethyl adjacent to an activating group) is 1. The lowest BCUT2D eigenvalue weighted by Crippen LogP contribution is -2.52. The molecule has 1 rings (SSSR count). The summed E-state index contributed by atoms with van der Waals surface area (Å²) >= 11 is 6.08. The minimum Gasteiger partial charge on any atom is -0.490 e. The first kappa shape index (κ1) is 14.3. The quantitative estimate of drug-likeness (QED) is 0.879. The van der Waals surface area contributed by atoms with E-state index in [2.05, 4.69) is 11.8 Å². The highest BCUT2D eigenvalue weighted by Gasteiger charge is 2.26. The lowest BCUT2D eigenvalue weighted by molar-refractivity contribution is 0.104. The molecule has 0 aliphatic heterocycles. The molecule has 0 aliphatic carbocycles. The van der Waals surface area contributed by atoms with Crippen LogP contribution in [0.15, 0.2) is 18.2 Å². The second-order valence-corrected chi connectivity index (χ2v) is 5.23. The largest absolute Gasteiger partial charge is 0.490 e. The fourth-order valence-corrected chi connectivity index (χ4v) is 1.50. The minimum atomic E-state index is -0.187. The molecule has 0 fully saturated rings. The van der Waals surface area contributed by atoms with Crippen molar-refractivity contribution in [1.82, 2.24) is 4.90 Å². The van der Waals surface area contributed by atoms with Gasteiger partial charge in [-0.05, 0) is 45.6 Å². The van der Waals surface area contributed by atoms with Crippen molar-refractivity contribution in [1.29, 1.82) is 0 Å². The van der Waals surface area contributed by atoms with Gasteiger partial charge in [-0.2, -0.15) is 0 Å². The molecule has 1 aromatic carbocycles. The molecule has 0 saturated heterocycles. The average Bonchev–Trinajstić information content (AvgIpc) is 2.29. The molecular weight excluding hydrogens is 236 g/mol. The van der Waals surface area contributed by atoms with Crippen LogP contribution in [0.2, 0.25) is 5.02 Å². The van der Waals surface area contributed by atoms with Crippen molar-refractivity contribution in [2.24, 2.45) is 5.73 Å². The van der Waals surface area contributed by atoms with Crippen molar-refractivity contribution in [2.75, 3.05) is 27.2 Å². The topological polar surface area (TPSA) is 38.5 Å². The van der Waals surface area contributed by atoms with E-state index < -0.39 is 0 Å². The third-order valence-electron chi connectivity index (χ3n) is 3.14. The number of ether oxygens (including phenoxy) is 1. The number of rotatable bonds is 5. The maximum absolute atomic E-state index is 6.08. The van der Waals surface area contributed by atoms with E-state index in [-0.39, 0.29) is 5.54 Å². The van der Waals surface area contributed by atoms with Crippen LogP contribution in [0.1, 0.15) is 12.5 Å². The number of hydrogen-bond acceptors (Lipinski definition) is 3. The standard InChI is InChI=1S/C13H21ClN2O/c1-10-5-6-11(14)12(7-10)17-9-13(2,8-15)16(3)4/h5-7H,8-9,15H2,1-4H3. The van der Waals surface area contributed by atoms with Gasteiger partial charge in [-0.1, -0.05) is 17.7 Å². The fraction of sp³-hybridized carbons (Fsp3) is 0.538. The van der Waals surface area contributed by atoms with Crippen LogP contribution in [0.4, 0.5) is 0 Å². The van der Waals surface area contributed by atoms with Crippen LogP contribution in [0, 0.1) is 6.92 Å². The van der Waals surface area contributed by atoms with Gasteiger partial charge in [0.25, 0.3) is 0 Å². The maximum atomic E-state index is 6.08. The number of aryl methyl sites for hydroxylation is 1. The molecule has 0 heterocycles. The van der Waals surface area contributed by atoms with Gasteiger partial charge in [0.1, 0.15) is 12.4 Å². The van der Waals surface area contributed by atoms with Crippen LogP contribution in [0.3, 0.4) is 0 Å². The van der Waals surface area contributed by atoms with E-state index in [4.69, 9.17) is 22.1 Å². The number of halogens is 1. The van der Waals surface area contributed by atoms with Gasteiger partial charge in [0.2, 0.25) is 0 Å². The first-order chi connectivity index (χ1) is 7.89. The summed E-state index contributed by atoms with van der Waals surface area (Å²) in [5.74, 6) is 0.716. The Balaban J connectivity index is 2.75. The molecule has 0 spiro atoms.